The number of rotatable bonds is 2. The summed E-state index contributed by atoms with van der Waals surface area (Å²) >= 11 is 5.78. The number of oxazole rings is 1. The van der Waals surface area contributed by atoms with Crippen molar-refractivity contribution in [2.45, 2.75) is 6.42 Å². The second kappa shape index (κ2) is 4.22. The quantitative estimate of drug-likeness (QED) is 0.678. The summed E-state index contributed by atoms with van der Waals surface area (Å²) < 4.78 is 5.43. The molecule has 0 aliphatic carbocycles. The minimum absolute atomic E-state index is 0.195. The number of benzene rings is 2. The fourth-order valence-corrected chi connectivity index (χ4v) is 2.10. The van der Waals surface area contributed by atoms with Crippen molar-refractivity contribution in [3.8, 4) is 0 Å². The number of aromatic nitrogens is 1. The Morgan fingerprint density at radius 3 is 2.65 bits per heavy atom. The van der Waals surface area contributed by atoms with E-state index in [1.165, 1.54) is 5.56 Å². The molecule has 0 aliphatic heterocycles. The second-order valence-corrected chi connectivity index (χ2v) is 4.22. The maximum atomic E-state index is 5.78. The summed E-state index contributed by atoms with van der Waals surface area (Å²) in [5.74, 6) is 0. The van der Waals surface area contributed by atoms with Gasteiger partial charge in [0.2, 0.25) is 0 Å². The maximum absolute atomic E-state index is 5.78. The molecule has 3 rings (SSSR count). The van der Waals surface area contributed by atoms with Crippen LogP contribution in [0.3, 0.4) is 0 Å². The van der Waals surface area contributed by atoms with Gasteiger partial charge < -0.3 is 4.42 Å². The average molecular weight is 244 g/mol. The van der Waals surface area contributed by atoms with E-state index in [0.29, 0.717) is 0 Å². The molecule has 84 valence electrons. The van der Waals surface area contributed by atoms with Crippen LogP contribution in [0.15, 0.2) is 52.9 Å². The van der Waals surface area contributed by atoms with Gasteiger partial charge in [0.05, 0.1) is 0 Å². The first-order chi connectivity index (χ1) is 8.33. The molecule has 2 nitrogen and oxygen atoms in total. The predicted molar refractivity (Wildman–Crippen MR) is 68.3 cm³/mol. The lowest BCUT2D eigenvalue weighted by Gasteiger charge is -2.01. The lowest BCUT2D eigenvalue weighted by atomic mass is 10.0. The molecule has 0 aliphatic rings. The summed E-state index contributed by atoms with van der Waals surface area (Å²) in [6.45, 7) is 0. The van der Waals surface area contributed by atoms with Gasteiger partial charge in [0.25, 0.3) is 5.35 Å². The van der Waals surface area contributed by atoms with E-state index in [2.05, 4.69) is 17.1 Å². The number of nitrogens with zero attached hydrogens (tertiary/aromatic N) is 1. The fourth-order valence-electron chi connectivity index (χ4n) is 1.93. The zero-order valence-electron chi connectivity index (χ0n) is 9.06. The van der Waals surface area contributed by atoms with E-state index >= 15 is 0 Å². The van der Waals surface area contributed by atoms with Crippen LogP contribution in [0.5, 0.6) is 0 Å². The van der Waals surface area contributed by atoms with Gasteiger partial charge in [0.15, 0.2) is 5.58 Å². The van der Waals surface area contributed by atoms with Crippen LogP contribution in [0, 0.1) is 0 Å². The Bertz CT molecular complexity index is 646. The molecule has 0 saturated carbocycles. The Hall–Kier alpha value is -1.80. The van der Waals surface area contributed by atoms with E-state index in [1.807, 2.05) is 36.4 Å². The van der Waals surface area contributed by atoms with E-state index in [1.54, 1.807) is 0 Å². The molecule has 0 N–H and O–H groups in total. The molecule has 0 bridgehead atoms. The first-order valence-corrected chi connectivity index (χ1v) is 5.78. The predicted octanol–water partition coefficient (Wildman–Crippen LogP) is 4.07. The van der Waals surface area contributed by atoms with Crippen molar-refractivity contribution in [3.05, 3.63) is 65.0 Å². The number of fused-ring (bicyclic) bond motifs is 1. The zero-order chi connectivity index (χ0) is 11.7. The molecule has 0 fully saturated rings. The molecule has 17 heavy (non-hydrogen) atoms. The number of para-hydroxylation sites is 1. The van der Waals surface area contributed by atoms with Gasteiger partial charge in [-0.2, -0.15) is 4.98 Å². The van der Waals surface area contributed by atoms with Crippen LogP contribution in [0.4, 0.5) is 0 Å². The van der Waals surface area contributed by atoms with Gasteiger partial charge in [-0.25, -0.2) is 0 Å². The van der Waals surface area contributed by atoms with Crippen LogP contribution in [-0.4, -0.2) is 4.98 Å². The van der Waals surface area contributed by atoms with Crippen molar-refractivity contribution < 1.29 is 4.42 Å². The first kappa shape index (κ1) is 10.4. The topological polar surface area (TPSA) is 26.0 Å². The summed E-state index contributed by atoms with van der Waals surface area (Å²) in [7, 11) is 0. The van der Waals surface area contributed by atoms with Crippen LogP contribution in [0.1, 0.15) is 11.1 Å². The van der Waals surface area contributed by atoms with E-state index in [0.717, 1.165) is 23.1 Å². The smallest absolute Gasteiger partial charge is 0.293 e. The average Bonchev–Trinajstić information content (AvgIpc) is 2.72. The molecule has 0 saturated heterocycles. The molecule has 0 spiro atoms. The van der Waals surface area contributed by atoms with Crippen molar-refractivity contribution in [2.24, 2.45) is 0 Å². The summed E-state index contributed by atoms with van der Waals surface area (Å²) in [5, 5.41) is 0.195. The van der Waals surface area contributed by atoms with Crippen LogP contribution in [-0.2, 0) is 6.42 Å². The normalized spacial score (nSPS) is 10.9. The Morgan fingerprint density at radius 2 is 1.82 bits per heavy atom. The standard InChI is InChI=1S/C14H10ClNO/c15-14-16-12-8-4-7-11(13(12)17-14)9-10-5-2-1-3-6-10/h1-8H,9H2. The highest BCUT2D eigenvalue weighted by molar-refractivity contribution is 6.28. The highest BCUT2D eigenvalue weighted by atomic mass is 35.5. The lowest BCUT2D eigenvalue weighted by Crippen LogP contribution is -1.87. The third-order valence-corrected chi connectivity index (χ3v) is 2.87. The van der Waals surface area contributed by atoms with Gasteiger partial charge in [0, 0.05) is 12.0 Å². The third kappa shape index (κ3) is 2.04. The lowest BCUT2D eigenvalue weighted by molar-refractivity contribution is 0.601. The molecule has 2 aromatic carbocycles. The molecular weight excluding hydrogens is 234 g/mol. The van der Waals surface area contributed by atoms with E-state index in [4.69, 9.17) is 16.0 Å². The summed E-state index contributed by atoms with van der Waals surface area (Å²) in [6.07, 6.45) is 0.823. The van der Waals surface area contributed by atoms with Gasteiger partial charge in [-0.1, -0.05) is 42.5 Å². The highest BCUT2D eigenvalue weighted by Gasteiger charge is 2.08. The van der Waals surface area contributed by atoms with E-state index < -0.39 is 0 Å². The summed E-state index contributed by atoms with van der Waals surface area (Å²) in [5.41, 5.74) is 3.94. The molecule has 3 aromatic rings. The maximum Gasteiger partial charge on any atom is 0.293 e. The largest absolute Gasteiger partial charge is 0.427 e. The SMILES string of the molecule is Clc1nc2cccc(Cc3ccccc3)c2o1. The molecule has 1 heterocycles. The van der Waals surface area contributed by atoms with Crippen molar-refractivity contribution in [1.29, 1.82) is 0 Å². The van der Waals surface area contributed by atoms with Crippen molar-refractivity contribution in [2.75, 3.05) is 0 Å². The molecular formula is C14H10ClNO. The summed E-state index contributed by atoms with van der Waals surface area (Å²) in [4.78, 5) is 4.11. The van der Waals surface area contributed by atoms with Crippen LogP contribution >= 0.6 is 11.6 Å². The number of halogens is 1. The molecule has 0 amide bonds. The van der Waals surface area contributed by atoms with E-state index in [9.17, 15) is 0 Å². The van der Waals surface area contributed by atoms with Crippen molar-refractivity contribution in [1.82, 2.24) is 4.98 Å². The van der Waals surface area contributed by atoms with Gasteiger partial charge in [-0.05, 0) is 23.2 Å². The fraction of sp³-hybridized carbons (Fsp3) is 0.0714. The summed E-state index contributed by atoms with van der Waals surface area (Å²) in [6, 6.07) is 16.2. The third-order valence-electron chi connectivity index (χ3n) is 2.71. The van der Waals surface area contributed by atoms with Gasteiger partial charge >= 0.3 is 0 Å². The Morgan fingerprint density at radius 1 is 1.00 bits per heavy atom. The minimum atomic E-state index is 0.195. The molecule has 0 unspecified atom stereocenters. The molecule has 0 atom stereocenters. The zero-order valence-corrected chi connectivity index (χ0v) is 9.82. The molecule has 1 aromatic heterocycles. The minimum Gasteiger partial charge on any atom is -0.427 e. The number of hydrogen-bond acceptors (Lipinski definition) is 2. The van der Waals surface area contributed by atoms with Crippen molar-refractivity contribution >= 4 is 22.7 Å². The van der Waals surface area contributed by atoms with Crippen LogP contribution < -0.4 is 0 Å². The van der Waals surface area contributed by atoms with Crippen LogP contribution in [0.2, 0.25) is 5.35 Å². The van der Waals surface area contributed by atoms with Gasteiger partial charge in [0.1, 0.15) is 5.52 Å². The molecule has 0 radical (unpaired) electrons. The van der Waals surface area contributed by atoms with Gasteiger partial charge in [-0.15, -0.1) is 0 Å². The van der Waals surface area contributed by atoms with E-state index in [-0.39, 0.29) is 5.35 Å². The highest BCUT2D eigenvalue weighted by Crippen LogP contribution is 2.24. The first-order valence-electron chi connectivity index (χ1n) is 5.41. The number of hydrogen-bond donors (Lipinski definition) is 0. The van der Waals surface area contributed by atoms with Gasteiger partial charge in [-0.3, -0.25) is 0 Å². The Kier molecular flexibility index (Phi) is 2.57. The Balaban J connectivity index is 2.06. The van der Waals surface area contributed by atoms with Crippen molar-refractivity contribution in [3.63, 3.8) is 0 Å². The second-order valence-electron chi connectivity index (χ2n) is 3.89. The Labute approximate surface area is 104 Å². The monoisotopic (exact) mass is 243 g/mol. The van der Waals surface area contributed by atoms with Crippen LogP contribution in [0.25, 0.3) is 11.1 Å². The molecule has 3 heteroatoms.